The molecule has 0 atom stereocenters. The van der Waals surface area contributed by atoms with E-state index in [1.807, 2.05) is 29.1 Å². The number of ether oxygens (including phenoxy) is 1. The van der Waals surface area contributed by atoms with Crippen molar-refractivity contribution in [2.24, 2.45) is 5.92 Å². The van der Waals surface area contributed by atoms with Crippen molar-refractivity contribution in [2.45, 2.75) is 26.9 Å². The van der Waals surface area contributed by atoms with E-state index >= 15 is 0 Å². The van der Waals surface area contributed by atoms with Gasteiger partial charge in [-0.05, 0) is 36.2 Å². The third-order valence-corrected chi connectivity index (χ3v) is 2.95. The summed E-state index contributed by atoms with van der Waals surface area (Å²) in [5.74, 6) is 1.59. The maximum Gasteiger partial charge on any atom is 0.119 e. The summed E-state index contributed by atoms with van der Waals surface area (Å²) in [6.45, 7) is 7.78. The van der Waals surface area contributed by atoms with Crippen LogP contribution in [0.5, 0.6) is 5.75 Å². The number of hydrogen-bond donors (Lipinski definition) is 1. The van der Waals surface area contributed by atoms with Crippen LogP contribution in [0.3, 0.4) is 0 Å². The standard InChI is InChI=1S/C16H23N3O/c1-14(2)12-17-13-15-4-6-16(7-5-15)20-11-10-19-9-3-8-18-19/h3-9,14,17H,10-13H2,1-2H3. The van der Waals surface area contributed by atoms with Gasteiger partial charge in [0.25, 0.3) is 0 Å². The van der Waals surface area contributed by atoms with E-state index in [9.17, 15) is 0 Å². The number of aromatic nitrogens is 2. The number of nitrogens with one attached hydrogen (secondary N) is 1. The first-order valence-electron chi connectivity index (χ1n) is 7.14. The fourth-order valence-electron chi connectivity index (χ4n) is 1.90. The van der Waals surface area contributed by atoms with Crippen molar-refractivity contribution in [1.29, 1.82) is 0 Å². The zero-order chi connectivity index (χ0) is 14.2. The molecule has 0 bridgehead atoms. The first kappa shape index (κ1) is 14.6. The lowest BCUT2D eigenvalue weighted by Gasteiger charge is -2.09. The Morgan fingerprint density at radius 3 is 2.70 bits per heavy atom. The van der Waals surface area contributed by atoms with E-state index in [-0.39, 0.29) is 0 Å². The van der Waals surface area contributed by atoms with Crippen molar-refractivity contribution in [3.8, 4) is 5.75 Å². The van der Waals surface area contributed by atoms with Crippen molar-refractivity contribution in [1.82, 2.24) is 15.1 Å². The van der Waals surface area contributed by atoms with E-state index < -0.39 is 0 Å². The van der Waals surface area contributed by atoms with Crippen molar-refractivity contribution in [3.05, 3.63) is 48.3 Å². The first-order chi connectivity index (χ1) is 9.74. The van der Waals surface area contributed by atoms with E-state index in [4.69, 9.17) is 4.74 Å². The zero-order valence-electron chi connectivity index (χ0n) is 12.2. The molecule has 1 aromatic carbocycles. The molecule has 0 aliphatic rings. The fourth-order valence-corrected chi connectivity index (χ4v) is 1.90. The van der Waals surface area contributed by atoms with Gasteiger partial charge in [0.1, 0.15) is 12.4 Å². The maximum absolute atomic E-state index is 5.70. The second kappa shape index (κ2) is 7.70. The summed E-state index contributed by atoms with van der Waals surface area (Å²) in [7, 11) is 0. The van der Waals surface area contributed by atoms with Crippen LogP contribution in [0, 0.1) is 5.92 Å². The summed E-state index contributed by atoms with van der Waals surface area (Å²) in [6.07, 6.45) is 3.71. The molecular formula is C16H23N3O. The van der Waals surface area contributed by atoms with E-state index in [1.165, 1.54) is 5.56 Å². The summed E-state index contributed by atoms with van der Waals surface area (Å²) in [5.41, 5.74) is 1.28. The molecule has 0 saturated carbocycles. The Morgan fingerprint density at radius 1 is 1.25 bits per heavy atom. The van der Waals surface area contributed by atoms with Crippen LogP contribution in [-0.2, 0) is 13.1 Å². The van der Waals surface area contributed by atoms with Crippen molar-refractivity contribution in [2.75, 3.05) is 13.2 Å². The molecule has 20 heavy (non-hydrogen) atoms. The number of nitrogens with zero attached hydrogens (tertiary/aromatic N) is 2. The molecule has 0 radical (unpaired) electrons. The minimum atomic E-state index is 0.632. The molecule has 0 saturated heterocycles. The first-order valence-corrected chi connectivity index (χ1v) is 7.14. The van der Waals surface area contributed by atoms with Crippen molar-refractivity contribution in [3.63, 3.8) is 0 Å². The van der Waals surface area contributed by atoms with Gasteiger partial charge >= 0.3 is 0 Å². The molecule has 0 amide bonds. The average Bonchev–Trinajstić information content (AvgIpc) is 2.93. The molecule has 1 aromatic heterocycles. The van der Waals surface area contributed by atoms with Gasteiger partial charge in [-0.15, -0.1) is 0 Å². The summed E-state index contributed by atoms with van der Waals surface area (Å²) in [5, 5.41) is 7.57. The monoisotopic (exact) mass is 273 g/mol. The summed E-state index contributed by atoms with van der Waals surface area (Å²) in [4.78, 5) is 0. The topological polar surface area (TPSA) is 39.1 Å². The molecule has 1 heterocycles. The SMILES string of the molecule is CC(C)CNCc1ccc(OCCn2cccn2)cc1. The molecule has 4 heteroatoms. The highest BCUT2D eigenvalue weighted by molar-refractivity contribution is 5.27. The van der Waals surface area contributed by atoms with Crippen LogP contribution in [-0.4, -0.2) is 22.9 Å². The van der Waals surface area contributed by atoms with E-state index in [0.717, 1.165) is 25.4 Å². The van der Waals surface area contributed by atoms with Crippen LogP contribution >= 0.6 is 0 Å². The molecule has 0 spiro atoms. The summed E-state index contributed by atoms with van der Waals surface area (Å²) in [6, 6.07) is 10.2. The van der Waals surface area contributed by atoms with Crippen LogP contribution in [0.2, 0.25) is 0 Å². The highest BCUT2D eigenvalue weighted by atomic mass is 16.5. The normalized spacial score (nSPS) is 10.9. The van der Waals surface area contributed by atoms with Gasteiger partial charge in [0, 0.05) is 18.9 Å². The van der Waals surface area contributed by atoms with Gasteiger partial charge in [-0.2, -0.15) is 5.10 Å². The smallest absolute Gasteiger partial charge is 0.119 e. The van der Waals surface area contributed by atoms with E-state index in [2.05, 4.69) is 36.4 Å². The lowest BCUT2D eigenvalue weighted by atomic mass is 10.2. The quantitative estimate of drug-likeness (QED) is 0.804. The Kier molecular flexibility index (Phi) is 5.62. The Hall–Kier alpha value is -1.81. The van der Waals surface area contributed by atoms with Gasteiger partial charge < -0.3 is 10.1 Å². The molecule has 0 aliphatic heterocycles. The highest BCUT2D eigenvalue weighted by Crippen LogP contribution is 2.12. The number of benzene rings is 1. The lowest BCUT2D eigenvalue weighted by molar-refractivity contribution is 0.291. The van der Waals surface area contributed by atoms with Crippen molar-refractivity contribution < 1.29 is 4.74 Å². The second-order valence-electron chi connectivity index (χ2n) is 5.29. The Morgan fingerprint density at radius 2 is 2.05 bits per heavy atom. The van der Waals surface area contributed by atoms with Crippen LogP contribution in [0.4, 0.5) is 0 Å². The minimum Gasteiger partial charge on any atom is -0.492 e. The van der Waals surface area contributed by atoms with Gasteiger partial charge in [-0.1, -0.05) is 26.0 Å². The third kappa shape index (κ3) is 5.05. The molecule has 0 aliphatic carbocycles. The van der Waals surface area contributed by atoms with E-state index in [1.54, 1.807) is 6.20 Å². The fraction of sp³-hybridized carbons (Fsp3) is 0.438. The number of rotatable bonds is 8. The zero-order valence-corrected chi connectivity index (χ0v) is 12.2. The summed E-state index contributed by atoms with van der Waals surface area (Å²) >= 11 is 0. The molecule has 1 N–H and O–H groups in total. The largest absolute Gasteiger partial charge is 0.492 e. The molecule has 4 nitrogen and oxygen atoms in total. The lowest BCUT2D eigenvalue weighted by Crippen LogP contribution is -2.18. The maximum atomic E-state index is 5.70. The van der Waals surface area contributed by atoms with Crippen molar-refractivity contribution >= 4 is 0 Å². The van der Waals surface area contributed by atoms with Gasteiger partial charge in [0.15, 0.2) is 0 Å². The molecule has 2 aromatic rings. The predicted molar refractivity (Wildman–Crippen MR) is 80.7 cm³/mol. The van der Waals surface area contributed by atoms with Crippen LogP contribution in [0.15, 0.2) is 42.7 Å². The molecular weight excluding hydrogens is 250 g/mol. The molecule has 2 rings (SSSR count). The minimum absolute atomic E-state index is 0.632. The molecule has 0 unspecified atom stereocenters. The Balaban J connectivity index is 1.71. The van der Waals surface area contributed by atoms with E-state index in [0.29, 0.717) is 12.5 Å². The van der Waals surface area contributed by atoms with Crippen LogP contribution in [0.25, 0.3) is 0 Å². The third-order valence-electron chi connectivity index (χ3n) is 2.95. The molecule has 108 valence electrons. The highest BCUT2D eigenvalue weighted by Gasteiger charge is 1.98. The van der Waals surface area contributed by atoms with Gasteiger partial charge in [-0.25, -0.2) is 0 Å². The number of hydrogen-bond acceptors (Lipinski definition) is 3. The van der Waals surface area contributed by atoms with Gasteiger partial charge in [-0.3, -0.25) is 4.68 Å². The van der Waals surface area contributed by atoms with Gasteiger partial charge in [0.2, 0.25) is 0 Å². The average molecular weight is 273 g/mol. The Labute approximate surface area is 120 Å². The predicted octanol–water partition coefficient (Wildman–Crippen LogP) is 2.71. The Bertz CT molecular complexity index is 477. The van der Waals surface area contributed by atoms with Crippen LogP contribution in [0.1, 0.15) is 19.4 Å². The second-order valence-corrected chi connectivity index (χ2v) is 5.29. The molecule has 0 fully saturated rings. The van der Waals surface area contributed by atoms with Gasteiger partial charge in [0.05, 0.1) is 6.54 Å². The van der Waals surface area contributed by atoms with Crippen LogP contribution < -0.4 is 10.1 Å². The summed E-state index contributed by atoms with van der Waals surface area (Å²) < 4.78 is 7.56.